The maximum absolute atomic E-state index is 13.1. The van der Waals surface area contributed by atoms with Gasteiger partial charge < -0.3 is 4.74 Å². The maximum atomic E-state index is 13.1. The van der Waals surface area contributed by atoms with Gasteiger partial charge in [-0.15, -0.1) is 11.8 Å². The number of aromatic nitrogens is 2. The fourth-order valence-corrected chi connectivity index (χ4v) is 5.03. The van der Waals surface area contributed by atoms with Crippen molar-refractivity contribution < 1.29 is 9.53 Å². The molecule has 0 amide bonds. The van der Waals surface area contributed by atoms with Crippen molar-refractivity contribution in [2.75, 3.05) is 6.61 Å². The molecule has 0 aliphatic carbocycles. The molecule has 0 bridgehead atoms. The molecule has 1 aliphatic heterocycles. The normalized spacial score (nSPS) is 16.8. The van der Waals surface area contributed by atoms with Crippen LogP contribution in [0.3, 0.4) is 0 Å². The molecule has 0 radical (unpaired) electrons. The lowest BCUT2D eigenvalue weighted by Gasteiger charge is -2.16. The Bertz CT molecular complexity index is 868. The minimum Gasteiger partial charge on any atom is -0.465 e. The molecule has 1 aromatic heterocycles. The van der Waals surface area contributed by atoms with Crippen LogP contribution in [0.5, 0.6) is 0 Å². The molecular weight excluding hydrogens is 380 g/mol. The highest BCUT2D eigenvalue weighted by Gasteiger charge is 2.28. The van der Waals surface area contributed by atoms with Gasteiger partial charge in [0, 0.05) is 18.2 Å². The van der Waals surface area contributed by atoms with E-state index >= 15 is 0 Å². The Labute approximate surface area is 167 Å². The van der Waals surface area contributed by atoms with E-state index in [9.17, 15) is 9.59 Å². The van der Waals surface area contributed by atoms with E-state index in [1.807, 2.05) is 18.2 Å². The highest BCUT2D eigenvalue weighted by molar-refractivity contribution is 8.00. The van der Waals surface area contributed by atoms with Gasteiger partial charge >= 0.3 is 5.97 Å². The van der Waals surface area contributed by atoms with Gasteiger partial charge in [0.1, 0.15) is 5.25 Å². The smallest absolute Gasteiger partial charge is 0.319 e. The van der Waals surface area contributed by atoms with Crippen LogP contribution in [0.15, 0.2) is 45.2 Å². The molecule has 5 nitrogen and oxygen atoms in total. The summed E-state index contributed by atoms with van der Waals surface area (Å²) < 4.78 is 6.83. The van der Waals surface area contributed by atoms with Gasteiger partial charge in [-0.1, -0.05) is 49.0 Å². The number of ether oxygens (including phenoxy) is 1. The molecule has 2 heterocycles. The SMILES string of the molecule is CCOC(=O)C(C)Sc1nc2c(c(=O)n1CCc1ccccc1)SC(C)C2. The van der Waals surface area contributed by atoms with Gasteiger partial charge in [0.25, 0.3) is 5.56 Å². The number of aryl methyl sites for hydroxylation is 1. The monoisotopic (exact) mass is 404 g/mol. The number of fused-ring (bicyclic) bond motifs is 1. The third-order valence-electron chi connectivity index (χ3n) is 4.33. The molecule has 1 aromatic carbocycles. The molecule has 144 valence electrons. The number of benzene rings is 1. The Morgan fingerprint density at radius 1 is 1.41 bits per heavy atom. The summed E-state index contributed by atoms with van der Waals surface area (Å²) in [5.41, 5.74) is 2.02. The average Bonchev–Trinajstić information content (AvgIpc) is 3.03. The zero-order valence-electron chi connectivity index (χ0n) is 15.8. The van der Waals surface area contributed by atoms with Gasteiger partial charge in [0.15, 0.2) is 5.16 Å². The summed E-state index contributed by atoms with van der Waals surface area (Å²) in [6.07, 6.45) is 1.53. The van der Waals surface area contributed by atoms with E-state index in [1.54, 1.807) is 30.2 Å². The number of thioether (sulfide) groups is 2. The second-order valence-corrected chi connectivity index (χ2v) is 9.26. The van der Waals surface area contributed by atoms with Crippen molar-refractivity contribution in [1.29, 1.82) is 0 Å². The number of esters is 1. The minimum absolute atomic E-state index is 0.00356. The van der Waals surface area contributed by atoms with Crippen LogP contribution in [-0.2, 0) is 28.9 Å². The highest BCUT2D eigenvalue weighted by Crippen LogP contribution is 2.34. The summed E-state index contributed by atoms with van der Waals surface area (Å²) in [5, 5.41) is 0.541. The van der Waals surface area contributed by atoms with E-state index in [-0.39, 0.29) is 11.5 Å². The van der Waals surface area contributed by atoms with Crippen LogP contribution in [0.25, 0.3) is 0 Å². The molecule has 2 unspecified atom stereocenters. The fraction of sp³-hybridized carbons (Fsp3) is 0.450. The zero-order chi connectivity index (χ0) is 19.4. The first kappa shape index (κ1) is 20.0. The van der Waals surface area contributed by atoms with Crippen molar-refractivity contribution in [2.24, 2.45) is 0 Å². The Hall–Kier alpha value is -1.73. The first-order valence-corrected chi connectivity index (χ1v) is 10.9. The van der Waals surface area contributed by atoms with Crippen LogP contribution >= 0.6 is 23.5 Å². The Morgan fingerprint density at radius 3 is 2.85 bits per heavy atom. The highest BCUT2D eigenvalue weighted by atomic mass is 32.2. The lowest BCUT2D eigenvalue weighted by atomic mass is 10.1. The fourth-order valence-electron chi connectivity index (χ4n) is 2.97. The molecule has 3 rings (SSSR count). The maximum Gasteiger partial charge on any atom is 0.319 e. The predicted octanol–water partition coefficient (Wildman–Crippen LogP) is 3.57. The van der Waals surface area contributed by atoms with E-state index in [1.165, 1.54) is 17.3 Å². The summed E-state index contributed by atoms with van der Waals surface area (Å²) in [5.74, 6) is -0.283. The van der Waals surface area contributed by atoms with Gasteiger partial charge in [-0.2, -0.15) is 0 Å². The van der Waals surface area contributed by atoms with Crippen LogP contribution in [-0.4, -0.2) is 32.6 Å². The molecule has 7 heteroatoms. The molecule has 2 aromatic rings. The minimum atomic E-state index is -0.413. The summed E-state index contributed by atoms with van der Waals surface area (Å²) in [4.78, 5) is 30.7. The standard InChI is InChI=1S/C20H24N2O3S2/c1-4-25-19(24)14(3)27-20-21-16-12-13(2)26-17(16)18(23)22(20)11-10-15-8-6-5-7-9-15/h5-9,13-14H,4,10-12H2,1-3H3. The van der Waals surface area contributed by atoms with E-state index in [0.29, 0.717) is 23.6 Å². The van der Waals surface area contributed by atoms with Crippen molar-refractivity contribution in [3.8, 4) is 0 Å². The summed E-state index contributed by atoms with van der Waals surface area (Å²) in [6.45, 7) is 6.57. The van der Waals surface area contributed by atoms with Gasteiger partial charge in [-0.3, -0.25) is 14.2 Å². The van der Waals surface area contributed by atoms with Crippen molar-refractivity contribution in [3.63, 3.8) is 0 Å². The molecule has 1 aliphatic rings. The van der Waals surface area contributed by atoms with Gasteiger partial charge in [0.05, 0.1) is 17.2 Å². The molecule has 0 saturated carbocycles. The van der Waals surface area contributed by atoms with Crippen molar-refractivity contribution >= 4 is 29.5 Å². The molecule has 0 saturated heterocycles. The largest absolute Gasteiger partial charge is 0.465 e. The average molecular weight is 405 g/mol. The van der Waals surface area contributed by atoms with Crippen molar-refractivity contribution in [1.82, 2.24) is 9.55 Å². The van der Waals surface area contributed by atoms with E-state index in [4.69, 9.17) is 9.72 Å². The van der Waals surface area contributed by atoms with Gasteiger partial charge in [-0.05, 0) is 25.8 Å². The summed E-state index contributed by atoms with van der Waals surface area (Å²) >= 11 is 2.90. The van der Waals surface area contributed by atoms with E-state index < -0.39 is 5.25 Å². The predicted molar refractivity (Wildman–Crippen MR) is 110 cm³/mol. The summed E-state index contributed by atoms with van der Waals surface area (Å²) in [7, 11) is 0. The quantitative estimate of drug-likeness (QED) is 0.399. The second kappa shape index (κ2) is 8.97. The lowest BCUT2D eigenvalue weighted by Crippen LogP contribution is -2.27. The van der Waals surface area contributed by atoms with Crippen LogP contribution in [0, 0.1) is 0 Å². The molecule has 0 fully saturated rings. The molecule has 0 spiro atoms. The first-order chi connectivity index (χ1) is 13.0. The Morgan fingerprint density at radius 2 is 2.15 bits per heavy atom. The van der Waals surface area contributed by atoms with Crippen LogP contribution in [0.4, 0.5) is 0 Å². The third kappa shape index (κ3) is 4.76. The lowest BCUT2D eigenvalue weighted by molar-refractivity contribution is -0.142. The van der Waals surface area contributed by atoms with E-state index in [2.05, 4.69) is 19.1 Å². The van der Waals surface area contributed by atoms with Gasteiger partial charge in [0.2, 0.25) is 0 Å². The summed E-state index contributed by atoms with van der Waals surface area (Å²) in [6, 6.07) is 10.1. The number of hydrogen-bond acceptors (Lipinski definition) is 6. The van der Waals surface area contributed by atoms with Crippen LogP contribution in [0.2, 0.25) is 0 Å². The molecular formula is C20H24N2O3S2. The third-order valence-corrected chi connectivity index (χ3v) is 6.61. The first-order valence-electron chi connectivity index (χ1n) is 9.17. The number of carbonyl (C=O) groups excluding carboxylic acids is 1. The van der Waals surface area contributed by atoms with E-state index in [0.717, 1.165) is 23.4 Å². The van der Waals surface area contributed by atoms with Crippen LogP contribution < -0.4 is 5.56 Å². The number of rotatable bonds is 7. The number of nitrogens with zero attached hydrogens (tertiary/aromatic N) is 2. The van der Waals surface area contributed by atoms with Crippen LogP contribution in [0.1, 0.15) is 32.0 Å². The number of carbonyl (C=O) groups is 1. The van der Waals surface area contributed by atoms with Crippen molar-refractivity contribution in [3.05, 3.63) is 51.9 Å². The molecule has 0 N–H and O–H groups in total. The second-order valence-electron chi connectivity index (χ2n) is 6.51. The van der Waals surface area contributed by atoms with Gasteiger partial charge in [-0.25, -0.2) is 4.98 Å². The molecule has 2 atom stereocenters. The molecule has 27 heavy (non-hydrogen) atoms. The number of hydrogen-bond donors (Lipinski definition) is 0. The van der Waals surface area contributed by atoms with Crippen molar-refractivity contribution in [2.45, 2.75) is 60.7 Å². The zero-order valence-corrected chi connectivity index (χ0v) is 17.4. The Balaban J connectivity index is 1.90. The Kier molecular flexibility index (Phi) is 6.65. The topological polar surface area (TPSA) is 61.2 Å².